The van der Waals surface area contributed by atoms with Crippen LogP contribution < -0.4 is 0 Å². The van der Waals surface area contributed by atoms with E-state index < -0.39 is 16.0 Å². The number of Topliss-reactive ketones (excluding diaryl/α,β-unsaturated/α-hetero) is 2. The molecule has 0 heterocycles. The van der Waals surface area contributed by atoms with Crippen LogP contribution in [0.2, 0.25) is 0 Å². The smallest absolute Gasteiger partial charge is 0.294 e. The van der Waals surface area contributed by atoms with Crippen LogP contribution in [0.4, 0.5) is 0 Å². The number of benzene rings is 2. The standard InChI is InChI=1S/C17H16O5S/c1-12(18)16(11-17(19)14-5-3-2-4-6-14)13-7-9-15(10-8-13)23(20,21)22/h2-10,16H,11H2,1H3,(H,20,21,22). The van der Waals surface area contributed by atoms with Crippen LogP contribution in [0.5, 0.6) is 0 Å². The molecule has 0 radical (unpaired) electrons. The molecule has 0 aliphatic heterocycles. The first-order chi connectivity index (χ1) is 10.8. The van der Waals surface area contributed by atoms with E-state index in [1.165, 1.54) is 31.2 Å². The van der Waals surface area contributed by atoms with E-state index in [1.54, 1.807) is 30.3 Å². The molecule has 0 spiro atoms. The van der Waals surface area contributed by atoms with Gasteiger partial charge in [0.05, 0.1) is 4.90 Å². The van der Waals surface area contributed by atoms with E-state index in [0.29, 0.717) is 11.1 Å². The van der Waals surface area contributed by atoms with Crippen LogP contribution in [0, 0.1) is 0 Å². The lowest BCUT2D eigenvalue weighted by molar-refractivity contribution is -0.118. The third kappa shape index (κ3) is 4.34. The highest BCUT2D eigenvalue weighted by molar-refractivity contribution is 7.85. The van der Waals surface area contributed by atoms with Crippen LogP contribution in [0.3, 0.4) is 0 Å². The molecule has 0 bridgehead atoms. The third-order valence-corrected chi connectivity index (χ3v) is 4.42. The van der Waals surface area contributed by atoms with Gasteiger partial charge in [-0.1, -0.05) is 42.5 Å². The van der Waals surface area contributed by atoms with E-state index in [-0.39, 0.29) is 22.9 Å². The van der Waals surface area contributed by atoms with Crippen LogP contribution in [0.25, 0.3) is 0 Å². The van der Waals surface area contributed by atoms with Crippen LogP contribution in [-0.2, 0) is 14.9 Å². The normalized spacial score (nSPS) is 12.6. The topological polar surface area (TPSA) is 88.5 Å². The van der Waals surface area contributed by atoms with Gasteiger partial charge in [0.2, 0.25) is 0 Å². The largest absolute Gasteiger partial charge is 0.299 e. The van der Waals surface area contributed by atoms with Gasteiger partial charge in [-0.2, -0.15) is 8.42 Å². The summed E-state index contributed by atoms with van der Waals surface area (Å²) in [6.45, 7) is 1.39. The van der Waals surface area contributed by atoms with Gasteiger partial charge in [-0.25, -0.2) is 0 Å². The highest BCUT2D eigenvalue weighted by Crippen LogP contribution is 2.24. The third-order valence-electron chi connectivity index (χ3n) is 3.56. The van der Waals surface area contributed by atoms with Crippen molar-refractivity contribution in [2.24, 2.45) is 0 Å². The Kier molecular flexibility index (Phi) is 5.08. The van der Waals surface area contributed by atoms with E-state index >= 15 is 0 Å². The molecule has 2 rings (SSSR count). The first kappa shape index (κ1) is 17.1. The zero-order valence-electron chi connectivity index (χ0n) is 12.5. The average Bonchev–Trinajstić information content (AvgIpc) is 2.52. The van der Waals surface area contributed by atoms with Crippen molar-refractivity contribution in [1.29, 1.82) is 0 Å². The second-order valence-electron chi connectivity index (χ2n) is 5.20. The van der Waals surface area contributed by atoms with Crippen molar-refractivity contribution in [1.82, 2.24) is 0 Å². The summed E-state index contributed by atoms with van der Waals surface area (Å²) >= 11 is 0. The van der Waals surface area contributed by atoms with Crippen molar-refractivity contribution in [2.45, 2.75) is 24.2 Å². The molecule has 1 N–H and O–H groups in total. The van der Waals surface area contributed by atoms with Crippen molar-refractivity contribution >= 4 is 21.7 Å². The maximum atomic E-state index is 12.3. The SMILES string of the molecule is CC(=O)C(CC(=O)c1ccccc1)c1ccc(S(=O)(=O)O)cc1. The Morgan fingerprint density at radius 2 is 1.57 bits per heavy atom. The number of hydrogen-bond acceptors (Lipinski definition) is 4. The van der Waals surface area contributed by atoms with Gasteiger partial charge in [0.1, 0.15) is 5.78 Å². The number of rotatable bonds is 6. The molecule has 2 aromatic rings. The zero-order chi connectivity index (χ0) is 17.0. The predicted octanol–water partition coefficient (Wildman–Crippen LogP) is 2.88. The molecule has 0 saturated carbocycles. The van der Waals surface area contributed by atoms with Crippen molar-refractivity contribution in [3.63, 3.8) is 0 Å². The number of carbonyl (C=O) groups excluding carboxylic acids is 2. The molecule has 0 aliphatic rings. The fourth-order valence-corrected chi connectivity index (χ4v) is 2.78. The van der Waals surface area contributed by atoms with Crippen molar-refractivity contribution in [3.05, 3.63) is 65.7 Å². The second-order valence-corrected chi connectivity index (χ2v) is 6.62. The maximum absolute atomic E-state index is 12.3. The van der Waals surface area contributed by atoms with Crippen LogP contribution in [0.15, 0.2) is 59.5 Å². The summed E-state index contributed by atoms with van der Waals surface area (Å²) in [5, 5.41) is 0. The number of carbonyl (C=O) groups is 2. The van der Waals surface area contributed by atoms with Gasteiger partial charge in [0.15, 0.2) is 5.78 Å². The number of hydrogen-bond donors (Lipinski definition) is 1. The molecule has 0 aliphatic carbocycles. The Hall–Kier alpha value is -2.31. The lowest BCUT2D eigenvalue weighted by atomic mass is 9.89. The highest BCUT2D eigenvalue weighted by Gasteiger charge is 2.22. The molecule has 23 heavy (non-hydrogen) atoms. The van der Waals surface area contributed by atoms with Gasteiger partial charge in [-0.15, -0.1) is 0 Å². The quantitative estimate of drug-likeness (QED) is 0.649. The molecule has 0 amide bonds. The first-order valence-corrected chi connectivity index (χ1v) is 8.39. The lowest BCUT2D eigenvalue weighted by Crippen LogP contribution is -2.14. The first-order valence-electron chi connectivity index (χ1n) is 6.95. The molecule has 2 aromatic carbocycles. The molecule has 6 heteroatoms. The van der Waals surface area contributed by atoms with Gasteiger partial charge in [-0.05, 0) is 24.6 Å². The average molecular weight is 332 g/mol. The minimum Gasteiger partial charge on any atom is -0.299 e. The zero-order valence-corrected chi connectivity index (χ0v) is 13.3. The summed E-state index contributed by atoms with van der Waals surface area (Å²) in [5.74, 6) is -1.00. The van der Waals surface area contributed by atoms with Crippen LogP contribution >= 0.6 is 0 Å². The van der Waals surface area contributed by atoms with Gasteiger partial charge in [0, 0.05) is 17.9 Å². The van der Waals surface area contributed by atoms with E-state index in [4.69, 9.17) is 4.55 Å². The fraction of sp³-hybridized carbons (Fsp3) is 0.176. The fourth-order valence-electron chi connectivity index (χ4n) is 2.30. The minimum atomic E-state index is -4.28. The van der Waals surface area contributed by atoms with E-state index in [9.17, 15) is 18.0 Å². The lowest BCUT2D eigenvalue weighted by Gasteiger charge is -2.14. The van der Waals surface area contributed by atoms with Gasteiger partial charge >= 0.3 is 0 Å². The molecule has 5 nitrogen and oxygen atoms in total. The van der Waals surface area contributed by atoms with Gasteiger partial charge < -0.3 is 0 Å². The Balaban J connectivity index is 2.25. The van der Waals surface area contributed by atoms with Gasteiger partial charge in [-0.3, -0.25) is 14.1 Å². The van der Waals surface area contributed by atoms with E-state index in [1.807, 2.05) is 0 Å². The van der Waals surface area contributed by atoms with E-state index in [2.05, 4.69) is 0 Å². The van der Waals surface area contributed by atoms with Crippen molar-refractivity contribution < 1.29 is 22.6 Å². The molecular formula is C17H16O5S. The highest BCUT2D eigenvalue weighted by atomic mass is 32.2. The Labute approximate surface area is 134 Å². The Morgan fingerprint density at radius 3 is 2.04 bits per heavy atom. The summed E-state index contributed by atoms with van der Waals surface area (Å²) in [5.41, 5.74) is 1.06. The summed E-state index contributed by atoms with van der Waals surface area (Å²) in [7, 11) is -4.28. The van der Waals surface area contributed by atoms with Crippen LogP contribution in [-0.4, -0.2) is 24.5 Å². The monoisotopic (exact) mass is 332 g/mol. The Morgan fingerprint density at radius 1 is 1.00 bits per heavy atom. The number of ketones is 2. The van der Waals surface area contributed by atoms with Crippen LogP contribution in [0.1, 0.15) is 35.2 Å². The molecule has 1 unspecified atom stereocenters. The molecular weight excluding hydrogens is 316 g/mol. The predicted molar refractivity (Wildman–Crippen MR) is 85.1 cm³/mol. The summed E-state index contributed by atoms with van der Waals surface area (Å²) < 4.78 is 31.1. The minimum absolute atomic E-state index is 0.00453. The summed E-state index contributed by atoms with van der Waals surface area (Å²) in [6, 6.07) is 14.0. The molecule has 0 fully saturated rings. The molecule has 0 aromatic heterocycles. The molecule has 0 saturated heterocycles. The summed E-state index contributed by atoms with van der Waals surface area (Å²) in [6.07, 6.45) is 0.00453. The summed E-state index contributed by atoms with van der Waals surface area (Å²) in [4.78, 5) is 23.9. The maximum Gasteiger partial charge on any atom is 0.294 e. The van der Waals surface area contributed by atoms with E-state index in [0.717, 1.165) is 0 Å². The van der Waals surface area contributed by atoms with Crippen molar-refractivity contribution in [3.8, 4) is 0 Å². The van der Waals surface area contributed by atoms with Gasteiger partial charge in [0.25, 0.3) is 10.1 Å². The second kappa shape index (κ2) is 6.85. The molecule has 1 atom stereocenters. The van der Waals surface area contributed by atoms with Crippen molar-refractivity contribution in [2.75, 3.05) is 0 Å². The molecule has 120 valence electrons. The Bertz CT molecular complexity index is 808.